The van der Waals surface area contributed by atoms with E-state index in [4.69, 9.17) is 10.5 Å². The van der Waals surface area contributed by atoms with Crippen LogP contribution < -0.4 is 15.4 Å². The van der Waals surface area contributed by atoms with Crippen LogP contribution in [0.4, 0.5) is 11.4 Å². The van der Waals surface area contributed by atoms with Crippen LogP contribution in [0.2, 0.25) is 0 Å². The molecule has 1 aliphatic rings. The molecule has 0 amide bonds. The minimum Gasteiger partial charge on any atom is -0.487 e. The summed E-state index contributed by atoms with van der Waals surface area (Å²) >= 11 is 0. The molecule has 1 aliphatic heterocycles. The molecule has 0 spiro atoms. The summed E-state index contributed by atoms with van der Waals surface area (Å²) in [4.78, 5) is 2.37. The Hall–Kier alpha value is -2.16. The first-order valence-electron chi connectivity index (χ1n) is 7.14. The number of nitrogen functional groups attached to an aromatic ring is 1. The van der Waals surface area contributed by atoms with Crippen molar-refractivity contribution in [3.05, 3.63) is 54.1 Å². The van der Waals surface area contributed by atoms with Crippen LogP contribution in [0, 0.1) is 0 Å². The summed E-state index contributed by atoms with van der Waals surface area (Å²) in [5.74, 6) is 0.885. The fourth-order valence-electron chi connectivity index (χ4n) is 2.60. The molecule has 104 valence electrons. The number of rotatable bonds is 4. The highest BCUT2D eigenvalue weighted by atomic mass is 16.5. The Kier molecular flexibility index (Phi) is 3.77. The van der Waals surface area contributed by atoms with Gasteiger partial charge < -0.3 is 15.4 Å². The van der Waals surface area contributed by atoms with Crippen molar-refractivity contribution >= 4 is 11.4 Å². The van der Waals surface area contributed by atoms with Gasteiger partial charge in [0.25, 0.3) is 0 Å². The monoisotopic (exact) mass is 268 g/mol. The third-order valence-corrected chi connectivity index (χ3v) is 3.67. The van der Waals surface area contributed by atoms with Crippen molar-refractivity contribution < 1.29 is 4.74 Å². The minimum absolute atomic E-state index is 0.575. The fourth-order valence-corrected chi connectivity index (χ4v) is 2.60. The molecule has 2 N–H and O–H groups in total. The third-order valence-electron chi connectivity index (χ3n) is 3.67. The van der Waals surface area contributed by atoms with Gasteiger partial charge in [0.2, 0.25) is 0 Å². The van der Waals surface area contributed by atoms with Gasteiger partial charge in [0.1, 0.15) is 12.4 Å². The van der Waals surface area contributed by atoms with E-state index in [-0.39, 0.29) is 0 Å². The number of anilines is 2. The molecule has 0 radical (unpaired) electrons. The van der Waals surface area contributed by atoms with Crippen LogP contribution in [0.3, 0.4) is 0 Å². The Bertz CT molecular complexity index is 562. The zero-order valence-corrected chi connectivity index (χ0v) is 11.6. The zero-order chi connectivity index (χ0) is 13.8. The topological polar surface area (TPSA) is 38.5 Å². The Morgan fingerprint density at radius 2 is 1.75 bits per heavy atom. The zero-order valence-electron chi connectivity index (χ0n) is 11.6. The average Bonchev–Trinajstić information content (AvgIpc) is 3.00. The van der Waals surface area contributed by atoms with E-state index in [1.807, 2.05) is 30.3 Å². The molecule has 0 aromatic heterocycles. The summed E-state index contributed by atoms with van der Waals surface area (Å²) in [5, 5.41) is 0. The van der Waals surface area contributed by atoms with Crippen molar-refractivity contribution in [3.63, 3.8) is 0 Å². The van der Waals surface area contributed by atoms with E-state index < -0.39 is 0 Å². The molecule has 0 aliphatic carbocycles. The lowest BCUT2D eigenvalue weighted by atomic mass is 10.2. The van der Waals surface area contributed by atoms with Gasteiger partial charge in [-0.05, 0) is 30.5 Å². The van der Waals surface area contributed by atoms with Gasteiger partial charge in [-0.1, -0.05) is 30.3 Å². The van der Waals surface area contributed by atoms with Crippen molar-refractivity contribution in [1.29, 1.82) is 0 Å². The van der Waals surface area contributed by atoms with Crippen LogP contribution in [-0.4, -0.2) is 13.1 Å². The van der Waals surface area contributed by atoms with Gasteiger partial charge in [0.15, 0.2) is 0 Å². The molecule has 0 unspecified atom stereocenters. The largest absolute Gasteiger partial charge is 0.487 e. The van der Waals surface area contributed by atoms with E-state index >= 15 is 0 Å². The molecular formula is C17H20N2O. The van der Waals surface area contributed by atoms with Crippen molar-refractivity contribution in [2.24, 2.45) is 0 Å². The lowest BCUT2D eigenvalue weighted by molar-refractivity contribution is 0.307. The van der Waals surface area contributed by atoms with Crippen molar-refractivity contribution in [3.8, 4) is 5.75 Å². The molecule has 1 saturated heterocycles. The maximum absolute atomic E-state index is 5.99. The van der Waals surface area contributed by atoms with Gasteiger partial charge in [0.05, 0.1) is 5.69 Å². The van der Waals surface area contributed by atoms with Gasteiger partial charge in [-0.25, -0.2) is 0 Å². The van der Waals surface area contributed by atoms with Crippen molar-refractivity contribution in [2.75, 3.05) is 23.7 Å². The maximum Gasteiger partial charge on any atom is 0.145 e. The first-order valence-corrected chi connectivity index (χ1v) is 7.14. The molecule has 2 aromatic rings. The van der Waals surface area contributed by atoms with Crippen LogP contribution in [0.15, 0.2) is 48.5 Å². The highest BCUT2D eigenvalue weighted by Crippen LogP contribution is 2.33. The summed E-state index contributed by atoms with van der Waals surface area (Å²) in [7, 11) is 0. The second-order valence-corrected chi connectivity index (χ2v) is 5.20. The summed E-state index contributed by atoms with van der Waals surface area (Å²) in [6.07, 6.45) is 2.50. The number of ether oxygens (including phenoxy) is 1. The number of benzene rings is 2. The SMILES string of the molecule is Nc1ccc(N2CCCC2)c(OCc2ccccc2)c1. The number of nitrogens with zero attached hydrogens (tertiary/aromatic N) is 1. The van der Waals surface area contributed by atoms with Gasteiger partial charge in [0, 0.05) is 24.8 Å². The molecule has 3 heteroatoms. The maximum atomic E-state index is 5.99. The minimum atomic E-state index is 0.575. The van der Waals surface area contributed by atoms with Crippen molar-refractivity contribution in [2.45, 2.75) is 19.4 Å². The van der Waals surface area contributed by atoms with Crippen LogP contribution in [0.1, 0.15) is 18.4 Å². The Labute approximate surface area is 120 Å². The van der Waals surface area contributed by atoms with Crippen LogP contribution in [-0.2, 0) is 6.61 Å². The predicted octanol–water partition coefficient (Wildman–Crippen LogP) is 3.45. The first-order chi connectivity index (χ1) is 9.83. The molecule has 0 bridgehead atoms. The molecule has 2 aromatic carbocycles. The van der Waals surface area contributed by atoms with E-state index in [9.17, 15) is 0 Å². The highest BCUT2D eigenvalue weighted by Gasteiger charge is 2.16. The summed E-state index contributed by atoms with van der Waals surface area (Å²) in [6, 6.07) is 16.2. The molecule has 0 saturated carbocycles. The Morgan fingerprint density at radius 3 is 2.50 bits per heavy atom. The van der Waals surface area contributed by atoms with Gasteiger partial charge >= 0.3 is 0 Å². The van der Waals surface area contributed by atoms with Gasteiger partial charge in [-0.2, -0.15) is 0 Å². The number of nitrogens with two attached hydrogens (primary N) is 1. The fraction of sp³-hybridized carbons (Fsp3) is 0.294. The molecule has 3 rings (SSSR count). The second kappa shape index (κ2) is 5.87. The van der Waals surface area contributed by atoms with Crippen LogP contribution >= 0.6 is 0 Å². The third kappa shape index (κ3) is 2.87. The van der Waals surface area contributed by atoms with E-state index in [1.165, 1.54) is 18.4 Å². The molecule has 0 atom stereocenters. The quantitative estimate of drug-likeness (QED) is 0.863. The Balaban J connectivity index is 1.78. The molecule has 1 heterocycles. The predicted molar refractivity (Wildman–Crippen MR) is 83.1 cm³/mol. The molecular weight excluding hydrogens is 248 g/mol. The highest BCUT2D eigenvalue weighted by molar-refractivity contribution is 5.64. The average molecular weight is 268 g/mol. The standard InChI is InChI=1S/C17H20N2O/c18-15-8-9-16(19-10-4-5-11-19)17(12-15)20-13-14-6-2-1-3-7-14/h1-3,6-9,12H,4-5,10-11,13,18H2. The summed E-state index contributed by atoms with van der Waals surface area (Å²) in [6.45, 7) is 2.78. The van der Waals surface area contributed by atoms with E-state index in [0.29, 0.717) is 6.61 Å². The first kappa shape index (κ1) is 12.9. The van der Waals surface area contributed by atoms with E-state index in [2.05, 4.69) is 23.1 Å². The van der Waals surface area contributed by atoms with Crippen LogP contribution in [0.5, 0.6) is 5.75 Å². The van der Waals surface area contributed by atoms with Crippen LogP contribution in [0.25, 0.3) is 0 Å². The summed E-state index contributed by atoms with van der Waals surface area (Å²) < 4.78 is 5.99. The lowest BCUT2D eigenvalue weighted by Gasteiger charge is -2.21. The van der Waals surface area contributed by atoms with E-state index in [0.717, 1.165) is 30.2 Å². The lowest BCUT2D eigenvalue weighted by Crippen LogP contribution is -2.18. The molecule has 1 fully saturated rings. The van der Waals surface area contributed by atoms with Gasteiger partial charge in [-0.3, -0.25) is 0 Å². The molecule has 3 nitrogen and oxygen atoms in total. The van der Waals surface area contributed by atoms with E-state index in [1.54, 1.807) is 0 Å². The molecule has 20 heavy (non-hydrogen) atoms. The normalized spacial score (nSPS) is 14.5. The summed E-state index contributed by atoms with van der Waals surface area (Å²) in [5.41, 5.74) is 8.97. The number of hydrogen-bond donors (Lipinski definition) is 1. The number of hydrogen-bond acceptors (Lipinski definition) is 3. The second-order valence-electron chi connectivity index (χ2n) is 5.20. The Morgan fingerprint density at radius 1 is 1.00 bits per heavy atom. The van der Waals surface area contributed by atoms with Crippen molar-refractivity contribution in [1.82, 2.24) is 0 Å². The van der Waals surface area contributed by atoms with Gasteiger partial charge in [-0.15, -0.1) is 0 Å². The smallest absolute Gasteiger partial charge is 0.145 e.